The minimum absolute atomic E-state index is 0.0611. The van der Waals surface area contributed by atoms with Gasteiger partial charge < -0.3 is 10.2 Å². The Morgan fingerprint density at radius 1 is 1.36 bits per heavy atom. The number of rotatable bonds is 5. The Balaban J connectivity index is 2.11. The van der Waals surface area contributed by atoms with E-state index < -0.39 is 9.84 Å². The Bertz CT molecular complexity index is 701. The third-order valence-corrected chi connectivity index (χ3v) is 5.35. The van der Waals surface area contributed by atoms with E-state index in [1.165, 1.54) is 6.08 Å². The topological polar surface area (TPSA) is 66.5 Å². The van der Waals surface area contributed by atoms with Gasteiger partial charge in [-0.1, -0.05) is 49.8 Å². The van der Waals surface area contributed by atoms with E-state index in [4.69, 9.17) is 0 Å². The molecular formula is C19H28N2O3S. The highest BCUT2D eigenvalue weighted by Gasteiger charge is 2.32. The summed E-state index contributed by atoms with van der Waals surface area (Å²) in [5.74, 6) is 0.622. The Labute approximate surface area is 151 Å². The molecule has 3 atom stereocenters. The fourth-order valence-electron chi connectivity index (χ4n) is 3.23. The van der Waals surface area contributed by atoms with Crippen molar-refractivity contribution in [2.24, 2.45) is 5.92 Å². The summed E-state index contributed by atoms with van der Waals surface area (Å²) in [6.45, 7) is 4.68. The molecule has 6 heteroatoms. The van der Waals surface area contributed by atoms with Crippen LogP contribution in [-0.2, 0) is 9.84 Å². The molecule has 1 saturated heterocycles. The molecule has 25 heavy (non-hydrogen) atoms. The highest BCUT2D eigenvalue weighted by atomic mass is 32.2. The van der Waals surface area contributed by atoms with Gasteiger partial charge in [0.15, 0.2) is 9.84 Å². The predicted molar refractivity (Wildman–Crippen MR) is 101 cm³/mol. The molecule has 0 spiro atoms. The van der Waals surface area contributed by atoms with E-state index in [1.807, 2.05) is 23.1 Å². The maximum atomic E-state index is 12.7. The molecule has 0 radical (unpaired) electrons. The standard InChI is InChI=1S/C19H28N2O3S/c1-4-16-10-12-21(18(14-16)17-8-6-5-7-9-17)19(22)20-15(2)11-13-25(3,23)24/h5-9,11,13,15-16,18H,4,10,12,14H2,1-3H3,(H,20,22)/b13-11+/t15-,16+,18-/m0/s1. The van der Waals surface area contributed by atoms with Gasteiger partial charge in [-0.25, -0.2) is 13.2 Å². The molecule has 138 valence electrons. The van der Waals surface area contributed by atoms with Gasteiger partial charge in [-0.05, 0) is 31.2 Å². The number of sulfone groups is 1. The number of nitrogens with one attached hydrogen (secondary N) is 1. The SMILES string of the molecule is CC[C@@H]1CCN(C(=O)N[C@@H](C)/C=C/S(C)(=O)=O)[C@H](c2ccccc2)C1. The largest absolute Gasteiger partial charge is 0.332 e. The summed E-state index contributed by atoms with van der Waals surface area (Å²) >= 11 is 0. The lowest BCUT2D eigenvalue weighted by molar-refractivity contribution is 0.125. The first-order chi connectivity index (χ1) is 11.8. The lowest BCUT2D eigenvalue weighted by Crippen LogP contribution is -2.48. The molecule has 1 aliphatic rings. The lowest BCUT2D eigenvalue weighted by Gasteiger charge is -2.40. The second-order valence-corrected chi connectivity index (χ2v) is 8.75. The van der Waals surface area contributed by atoms with Crippen molar-refractivity contribution < 1.29 is 13.2 Å². The van der Waals surface area contributed by atoms with Gasteiger partial charge in [-0.3, -0.25) is 0 Å². The molecule has 0 unspecified atom stereocenters. The first kappa shape index (κ1) is 19.5. The van der Waals surface area contributed by atoms with Crippen LogP contribution >= 0.6 is 0 Å². The van der Waals surface area contributed by atoms with Crippen molar-refractivity contribution in [3.8, 4) is 0 Å². The van der Waals surface area contributed by atoms with Crippen LogP contribution in [0.3, 0.4) is 0 Å². The van der Waals surface area contributed by atoms with Gasteiger partial charge in [0.05, 0.1) is 6.04 Å². The number of carbonyl (C=O) groups is 1. The van der Waals surface area contributed by atoms with Crippen LogP contribution in [0, 0.1) is 5.92 Å². The average Bonchev–Trinajstić information content (AvgIpc) is 2.59. The second-order valence-electron chi connectivity index (χ2n) is 6.81. The van der Waals surface area contributed by atoms with Crippen LogP contribution in [0.5, 0.6) is 0 Å². The molecule has 1 N–H and O–H groups in total. The lowest BCUT2D eigenvalue weighted by atomic mass is 9.86. The molecular weight excluding hydrogens is 336 g/mol. The Hall–Kier alpha value is -1.82. The smallest absolute Gasteiger partial charge is 0.318 e. The zero-order valence-corrected chi connectivity index (χ0v) is 16.0. The van der Waals surface area contributed by atoms with Gasteiger partial charge in [0.25, 0.3) is 0 Å². The van der Waals surface area contributed by atoms with Crippen molar-refractivity contribution in [3.05, 3.63) is 47.4 Å². The van der Waals surface area contributed by atoms with Crippen LogP contribution in [0.4, 0.5) is 4.79 Å². The first-order valence-electron chi connectivity index (χ1n) is 8.80. The zero-order valence-electron chi connectivity index (χ0n) is 15.2. The van der Waals surface area contributed by atoms with E-state index >= 15 is 0 Å². The van der Waals surface area contributed by atoms with E-state index in [9.17, 15) is 13.2 Å². The molecule has 5 nitrogen and oxygen atoms in total. The predicted octanol–water partition coefficient (Wildman–Crippen LogP) is 3.51. The van der Waals surface area contributed by atoms with E-state index in [0.29, 0.717) is 12.5 Å². The number of hydrogen-bond donors (Lipinski definition) is 1. The molecule has 1 aliphatic heterocycles. The van der Waals surface area contributed by atoms with Crippen molar-refractivity contribution in [3.63, 3.8) is 0 Å². The zero-order chi connectivity index (χ0) is 18.4. The Morgan fingerprint density at radius 3 is 2.64 bits per heavy atom. The summed E-state index contributed by atoms with van der Waals surface area (Å²) in [5, 5.41) is 4.03. The molecule has 0 aromatic heterocycles. The minimum atomic E-state index is -3.19. The van der Waals surface area contributed by atoms with Crippen LogP contribution in [0.15, 0.2) is 41.8 Å². The third-order valence-electron chi connectivity index (χ3n) is 4.70. The fraction of sp³-hybridized carbons (Fsp3) is 0.526. The molecule has 2 rings (SSSR count). The number of urea groups is 1. The molecule has 0 aliphatic carbocycles. The second kappa shape index (κ2) is 8.52. The van der Waals surface area contributed by atoms with Gasteiger partial charge in [0.2, 0.25) is 0 Å². The monoisotopic (exact) mass is 364 g/mol. The summed E-state index contributed by atoms with van der Waals surface area (Å²) in [6, 6.07) is 9.68. The molecule has 2 amide bonds. The van der Waals surface area contributed by atoms with Crippen molar-refractivity contribution in [2.75, 3.05) is 12.8 Å². The van der Waals surface area contributed by atoms with Gasteiger partial charge in [0.1, 0.15) is 0 Å². The van der Waals surface area contributed by atoms with Crippen molar-refractivity contribution in [1.29, 1.82) is 0 Å². The van der Waals surface area contributed by atoms with E-state index in [2.05, 4.69) is 24.4 Å². The first-order valence-corrected chi connectivity index (χ1v) is 10.8. The highest BCUT2D eigenvalue weighted by Crippen LogP contribution is 2.35. The van der Waals surface area contributed by atoms with Crippen LogP contribution in [0.1, 0.15) is 44.7 Å². The van der Waals surface area contributed by atoms with Crippen LogP contribution in [0.2, 0.25) is 0 Å². The van der Waals surface area contributed by atoms with E-state index in [-0.39, 0.29) is 18.1 Å². The molecule has 1 fully saturated rings. The van der Waals surface area contributed by atoms with Crippen molar-refractivity contribution >= 4 is 15.9 Å². The van der Waals surface area contributed by atoms with Gasteiger partial charge in [-0.2, -0.15) is 0 Å². The van der Waals surface area contributed by atoms with E-state index in [1.54, 1.807) is 6.92 Å². The normalized spacial score (nSPS) is 22.8. The number of nitrogens with zero attached hydrogens (tertiary/aromatic N) is 1. The molecule has 1 aromatic rings. The number of amides is 2. The Morgan fingerprint density at radius 2 is 2.04 bits per heavy atom. The summed E-state index contributed by atoms with van der Waals surface area (Å²) in [7, 11) is -3.19. The van der Waals surface area contributed by atoms with Crippen molar-refractivity contribution in [1.82, 2.24) is 10.2 Å². The van der Waals surface area contributed by atoms with Gasteiger partial charge >= 0.3 is 6.03 Å². The number of carbonyl (C=O) groups excluding carboxylic acids is 1. The molecule has 1 heterocycles. The fourth-order valence-corrected chi connectivity index (χ4v) is 3.75. The quantitative estimate of drug-likeness (QED) is 0.869. The van der Waals surface area contributed by atoms with E-state index in [0.717, 1.165) is 36.5 Å². The van der Waals surface area contributed by atoms with Crippen molar-refractivity contribution in [2.45, 2.75) is 45.2 Å². The molecule has 0 bridgehead atoms. The molecule has 1 aromatic carbocycles. The maximum absolute atomic E-state index is 12.7. The van der Waals surface area contributed by atoms with Crippen LogP contribution < -0.4 is 5.32 Å². The maximum Gasteiger partial charge on any atom is 0.318 e. The highest BCUT2D eigenvalue weighted by molar-refractivity contribution is 7.93. The molecule has 0 saturated carbocycles. The number of benzene rings is 1. The summed E-state index contributed by atoms with van der Waals surface area (Å²) < 4.78 is 22.4. The summed E-state index contributed by atoms with van der Waals surface area (Å²) in [6.07, 6.45) is 5.72. The average molecular weight is 365 g/mol. The summed E-state index contributed by atoms with van der Waals surface area (Å²) in [4.78, 5) is 14.6. The van der Waals surface area contributed by atoms with Crippen LogP contribution in [0.25, 0.3) is 0 Å². The minimum Gasteiger partial charge on any atom is -0.332 e. The van der Waals surface area contributed by atoms with Crippen LogP contribution in [-0.4, -0.2) is 38.2 Å². The summed E-state index contributed by atoms with van der Waals surface area (Å²) in [5.41, 5.74) is 1.15. The Kier molecular flexibility index (Phi) is 6.64. The van der Waals surface area contributed by atoms with Gasteiger partial charge in [-0.15, -0.1) is 0 Å². The number of piperidine rings is 1. The van der Waals surface area contributed by atoms with Gasteiger partial charge in [0, 0.05) is 24.3 Å². The third kappa shape index (κ3) is 5.88. The number of hydrogen-bond acceptors (Lipinski definition) is 3. The number of likely N-dealkylation sites (tertiary alicyclic amines) is 1.